The monoisotopic (exact) mass is 197 g/mol. The Hall–Kier alpha value is -1.06. The maximum atomic E-state index is 8.81. The Morgan fingerprint density at radius 1 is 1.43 bits per heavy atom. The lowest BCUT2D eigenvalue weighted by atomic mass is 10.1. The number of hydrogen-bond acceptors (Lipinski definition) is 3. The molecule has 0 aliphatic heterocycles. The number of aliphatic hydroxyl groups is 2. The molecule has 0 heterocycles. The topological polar surface area (TPSA) is 52.5 Å². The molecule has 0 aliphatic carbocycles. The molecule has 0 radical (unpaired) electrons. The first-order valence-electron chi connectivity index (χ1n) is 4.64. The molecule has 0 amide bonds. The highest BCUT2D eigenvalue weighted by Crippen LogP contribution is 2.05. The smallest absolute Gasteiger partial charge is 0.108 e. The van der Waals surface area contributed by atoms with Gasteiger partial charge in [-0.1, -0.05) is 24.8 Å². The normalized spacial score (nSPS) is 13.0. The molecule has 1 atom stereocenters. The molecule has 3 nitrogen and oxygen atoms in total. The average Bonchev–Trinajstić information content (AvgIpc) is 2.11. The number of allylic oxidation sites excluding steroid dienone is 2. The Morgan fingerprint density at radius 2 is 2.07 bits per heavy atom. The van der Waals surface area contributed by atoms with Gasteiger partial charge in [-0.05, 0) is 19.4 Å². The maximum absolute atomic E-state index is 8.81. The van der Waals surface area contributed by atoms with E-state index in [1.165, 1.54) is 6.08 Å². The summed E-state index contributed by atoms with van der Waals surface area (Å²) in [5.41, 5.74) is 0.915. The van der Waals surface area contributed by atoms with E-state index in [1.54, 1.807) is 6.08 Å². The molecule has 0 saturated carbocycles. The lowest BCUT2D eigenvalue weighted by Crippen LogP contribution is -2.28. The fourth-order valence-corrected chi connectivity index (χ4v) is 1.06. The van der Waals surface area contributed by atoms with Crippen molar-refractivity contribution in [1.29, 1.82) is 0 Å². The largest absolute Gasteiger partial charge is 0.509 e. The molecule has 0 unspecified atom stereocenters. The molecular formula is C11H19NO2. The van der Waals surface area contributed by atoms with Crippen LogP contribution in [0.25, 0.3) is 0 Å². The molecule has 0 spiro atoms. The molecule has 14 heavy (non-hydrogen) atoms. The predicted octanol–water partition coefficient (Wildman–Crippen LogP) is 1.53. The summed E-state index contributed by atoms with van der Waals surface area (Å²) in [6, 6.07) is 0.270. The molecule has 0 aromatic heterocycles. The van der Waals surface area contributed by atoms with Gasteiger partial charge in [-0.2, -0.15) is 0 Å². The highest BCUT2D eigenvalue weighted by atomic mass is 16.3. The molecule has 3 heteroatoms. The SMILES string of the molecule is C=C(O)/C=C\C(=C)C[C@H](C)NCCO. The molecule has 0 rings (SSSR count). The second-order valence-corrected chi connectivity index (χ2v) is 3.27. The van der Waals surface area contributed by atoms with Crippen molar-refractivity contribution >= 4 is 0 Å². The van der Waals surface area contributed by atoms with Crippen LogP contribution in [0.1, 0.15) is 13.3 Å². The van der Waals surface area contributed by atoms with Crippen LogP contribution in [0.15, 0.2) is 36.6 Å². The van der Waals surface area contributed by atoms with E-state index in [9.17, 15) is 0 Å². The van der Waals surface area contributed by atoms with Crippen LogP contribution in [0, 0.1) is 0 Å². The highest BCUT2D eigenvalue weighted by molar-refractivity contribution is 5.21. The van der Waals surface area contributed by atoms with E-state index in [1.807, 2.05) is 6.92 Å². The Balaban J connectivity index is 3.76. The van der Waals surface area contributed by atoms with Gasteiger partial charge in [0.2, 0.25) is 0 Å². The minimum Gasteiger partial charge on any atom is -0.509 e. The second kappa shape index (κ2) is 7.35. The summed E-state index contributed by atoms with van der Waals surface area (Å²) in [5.74, 6) is 0.0297. The van der Waals surface area contributed by atoms with E-state index in [2.05, 4.69) is 18.5 Å². The summed E-state index contributed by atoms with van der Waals surface area (Å²) in [4.78, 5) is 0. The van der Waals surface area contributed by atoms with Gasteiger partial charge in [-0.3, -0.25) is 0 Å². The third-order valence-electron chi connectivity index (χ3n) is 1.68. The number of hydrogen-bond donors (Lipinski definition) is 3. The van der Waals surface area contributed by atoms with Crippen molar-refractivity contribution in [3.8, 4) is 0 Å². The van der Waals surface area contributed by atoms with Gasteiger partial charge in [0.15, 0.2) is 0 Å². The summed E-state index contributed by atoms with van der Waals surface area (Å²) in [7, 11) is 0. The Morgan fingerprint density at radius 3 is 2.57 bits per heavy atom. The predicted molar refractivity (Wildman–Crippen MR) is 59.2 cm³/mol. The summed E-state index contributed by atoms with van der Waals surface area (Å²) in [6.45, 7) is 9.91. The summed E-state index contributed by atoms with van der Waals surface area (Å²) >= 11 is 0. The van der Waals surface area contributed by atoms with Crippen molar-refractivity contribution < 1.29 is 10.2 Å². The van der Waals surface area contributed by atoms with Crippen LogP contribution in [-0.4, -0.2) is 29.4 Å². The molecule has 0 aromatic carbocycles. The Bertz CT molecular complexity index is 221. The first-order valence-corrected chi connectivity index (χ1v) is 4.64. The van der Waals surface area contributed by atoms with Gasteiger partial charge in [-0.25, -0.2) is 0 Å². The molecule has 0 aromatic rings. The van der Waals surface area contributed by atoms with Gasteiger partial charge in [0.25, 0.3) is 0 Å². The van der Waals surface area contributed by atoms with Gasteiger partial charge >= 0.3 is 0 Å². The van der Waals surface area contributed by atoms with Gasteiger partial charge in [-0.15, -0.1) is 0 Å². The standard InChI is InChI=1S/C11H19NO2/c1-9(4-5-11(3)14)8-10(2)12-6-7-13/h4-5,10,12-14H,1,3,6-8H2,2H3/b5-4-/t10-/m0/s1. The zero-order valence-corrected chi connectivity index (χ0v) is 8.66. The van der Waals surface area contributed by atoms with Crippen LogP contribution in [-0.2, 0) is 0 Å². The van der Waals surface area contributed by atoms with Gasteiger partial charge in [0.05, 0.1) is 6.61 Å². The Labute approximate surface area is 85.5 Å². The van der Waals surface area contributed by atoms with Crippen molar-refractivity contribution in [1.82, 2.24) is 5.32 Å². The third kappa shape index (κ3) is 7.58. The van der Waals surface area contributed by atoms with Crippen LogP contribution >= 0.6 is 0 Å². The van der Waals surface area contributed by atoms with Crippen LogP contribution in [0.2, 0.25) is 0 Å². The quantitative estimate of drug-likeness (QED) is 0.428. The lowest BCUT2D eigenvalue weighted by molar-refractivity contribution is 0.285. The minimum absolute atomic E-state index is 0.0297. The Kier molecular flexibility index (Phi) is 6.80. The van der Waals surface area contributed by atoms with E-state index >= 15 is 0 Å². The number of nitrogens with one attached hydrogen (secondary N) is 1. The van der Waals surface area contributed by atoms with E-state index < -0.39 is 0 Å². The molecule has 0 aliphatic rings. The van der Waals surface area contributed by atoms with Crippen LogP contribution in [0.3, 0.4) is 0 Å². The number of aliphatic hydroxyl groups excluding tert-OH is 2. The first kappa shape index (κ1) is 12.9. The fourth-order valence-electron chi connectivity index (χ4n) is 1.06. The van der Waals surface area contributed by atoms with E-state index in [0.717, 1.165) is 12.0 Å². The number of rotatable bonds is 7. The average molecular weight is 197 g/mol. The van der Waals surface area contributed by atoms with Crippen LogP contribution in [0.4, 0.5) is 0 Å². The minimum atomic E-state index is 0.0297. The van der Waals surface area contributed by atoms with E-state index in [-0.39, 0.29) is 18.4 Å². The van der Waals surface area contributed by atoms with Gasteiger partial charge in [0, 0.05) is 12.6 Å². The van der Waals surface area contributed by atoms with Crippen molar-refractivity contribution in [2.24, 2.45) is 0 Å². The fraction of sp³-hybridized carbons (Fsp3) is 0.455. The zero-order valence-electron chi connectivity index (χ0n) is 8.66. The van der Waals surface area contributed by atoms with Gasteiger partial charge in [0.1, 0.15) is 5.76 Å². The van der Waals surface area contributed by atoms with Gasteiger partial charge < -0.3 is 15.5 Å². The summed E-state index contributed by atoms with van der Waals surface area (Å²) in [6.07, 6.45) is 4.03. The molecular weight excluding hydrogens is 178 g/mol. The molecule has 0 saturated heterocycles. The molecule has 3 N–H and O–H groups in total. The zero-order chi connectivity index (χ0) is 11.0. The molecule has 0 bridgehead atoms. The second-order valence-electron chi connectivity index (χ2n) is 3.27. The summed E-state index contributed by atoms with van der Waals surface area (Å²) in [5, 5.41) is 20.5. The lowest BCUT2D eigenvalue weighted by Gasteiger charge is -2.12. The van der Waals surface area contributed by atoms with E-state index in [4.69, 9.17) is 10.2 Å². The third-order valence-corrected chi connectivity index (χ3v) is 1.68. The van der Waals surface area contributed by atoms with Crippen LogP contribution in [0.5, 0.6) is 0 Å². The van der Waals surface area contributed by atoms with Crippen molar-refractivity contribution in [3.05, 3.63) is 36.6 Å². The molecule has 80 valence electrons. The van der Waals surface area contributed by atoms with Crippen molar-refractivity contribution in [2.45, 2.75) is 19.4 Å². The van der Waals surface area contributed by atoms with Crippen molar-refractivity contribution in [2.75, 3.05) is 13.2 Å². The van der Waals surface area contributed by atoms with Crippen molar-refractivity contribution in [3.63, 3.8) is 0 Å². The highest BCUT2D eigenvalue weighted by Gasteiger charge is 2.00. The maximum Gasteiger partial charge on any atom is 0.108 e. The first-order chi connectivity index (χ1) is 6.56. The van der Waals surface area contributed by atoms with E-state index in [0.29, 0.717) is 6.54 Å². The summed E-state index contributed by atoms with van der Waals surface area (Å²) < 4.78 is 0. The van der Waals surface area contributed by atoms with Crippen LogP contribution < -0.4 is 5.32 Å². The molecule has 0 fully saturated rings.